The smallest absolute Gasteiger partial charge is 0.317 e. The number of likely N-dealkylation sites (tertiary alicyclic amines) is 1. The van der Waals surface area contributed by atoms with Crippen molar-refractivity contribution < 1.29 is 24.2 Å². The van der Waals surface area contributed by atoms with E-state index in [0.717, 1.165) is 12.8 Å². The van der Waals surface area contributed by atoms with Gasteiger partial charge in [-0.15, -0.1) is 0 Å². The molecule has 1 aliphatic carbocycles. The number of hydrogen-bond acceptors (Lipinski definition) is 4. The molecule has 7 nitrogen and oxygen atoms in total. The topological polar surface area (TPSA) is 95.9 Å². The summed E-state index contributed by atoms with van der Waals surface area (Å²) in [6.45, 7) is 0.897. The number of amides is 2. The Kier molecular flexibility index (Phi) is 5.03. The number of hydrogen-bond donors (Lipinski definition) is 2. The van der Waals surface area contributed by atoms with Gasteiger partial charge in [0.25, 0.3) is 0 Å². The van der Waals surface area contributed by atoms with E-state index in [4.69, 9.17) is 9.84 Å². The summed E-state index contributed by atoms with van der Waals surface area (Å²) < 4.78 is 4.69. The van der Waals surface area contributed by atoms with E-state index in [1.165, 1.54) is 7.11 Å². The quantitative estimate of drug-likeness (QED) is 0.753. The largest absolute Gasteiger partial charge is 0.481 e. The van der Waals surface area contributed by atoms with E-state index in [9.17, 15) is 14.4 Å². The molecule has 118 valence electrons. The molecule has 1 aliphatic heterocycles. The van der Waals surface area contributed by atoms with E-state index < -0.39 is 5.97 Å². The first-order valence-electron chi connectivity index (χ1n) is 7.37. The fourth-order valence-electron chi connectivity index (χ4n) is 3.11. The fraction of sp³-hybridized carbons (Fsp3) is 0.786. The molecule has 2 rings (SSSR count). The number of rotatable bonds is 3. The van der Waals surface area contributed by atoms with Gasteiger partial charge < -0.3 is 20.1 Å². The molecule has 2 aliphatic rings. The number of urea groups is 1. The summed E-state index contributed by atoms with van der Waals surface area (Å²) in [5.41, 5.74) is 0. The first-order chi connectivity index (χ1) is 10.0. The Morgan fingerprint density at radius 1 is 1.19 bits per heavy atom. The average Bonchev–Trinajstić information content (AvgIpc) is 2.96. The number of carboxylic acid groups (broad SMARTS) is 1. The number of nitrogens with zero attached hydrogens (tertiary/aromatic N) is 1. The summed E-state index contributed by atoms with van der Waals surface area (Å²) in [6.07, 6.45) is 3.39. The van der Waals surface area contributed by atoms with Crippen LogP contribution in [0.2, 0.25) is 0 Å². The zero-order chi connectivity index (χ0) is 15.4. The Balaban J connectivity index is 1.82. The zero-order valence-electron chi connectivity index (χ0n) is 12.2. The number of carbonyl (C=O) groups excluding carboxylic acids is 2. The Hall–Kier alpha value is -1.79. The van der Waals surface area contributed by atoms with Crippen LogP contribution in [0.3, 0.4) is 0 Å². The second-order valence-electron chi connectivity index (χ2n) is 5.80. The number of carboxylic acids is 1. The average molecular weight is 298 g/mol. The lowest BCUT2D eigenvalue weighted by Gasteiger charge is -2.29. The van der Waals surface area contributed by atoms with Gasteiger partial charge in [0.05, 0.1) is 18.9 Å². The van der Waals surface area contributed by atoms with Gasteiger partial charge in [-0.1, -0.05) is 6.42 Å². The van der Waals surface area contributed by atoms with Gasteiger partial charge in [-0.2, -0.15) is 0 Å². The molecule has 1 heterocycles. The minimum Gasteiger partial charge on any atom is -0.481 e. The van der Waals surface area contributed by atoms with Crippen molar-refractivity contribution in [3.63, 3.8) is 0 Å². The van der Waals surface area contributed by atoms with Gasteiger partial charge in [0.2, 0.25) is 0 Å². The third kappa shape index (κ3) is 3.86. The highest BCUT2D eigenvalue weighted by Crippen LogP contribution is 2.25. The standard InChI is InChI=1S/C14H22N2O5/c1-21-13(19)10-5-6-16(8-10)14(20)15-11-4-2-3-9(7-11)12(17)18/h9-11H,2-8H2,1H3,(H,15,20)(H,17,18). The summed E-state index contributed by atoms with van der Waals surface area (Å²) >= 11 is 0. The summed E-state index contributed by atoms with van der Waals surface area (Å²) in [5, 5.41) is 11.9. The highest BCUT2D eigenvalue weighted by atomic mass is 16.5. The molecule has 2 N–H and O–H groups in total. The molecule has 3 unspecified atom stereocenters. The van der Waals surface area contributed by atoms with Crippen LogP contribution in [0, 0.1) is 11.8 Å². The molecule has 21 heavy (non-hydrogen) atoms. The zero-order valence-corrected chi connectivity index (χ0v) is 12.2. The van der Waals surface area contributed by atoms with Crippen LogP contribution in [0.5, 0.6) is 0 Å². The van der Waals surface area contributed by atoms with Gasteiger partial charge in [0, 0.05) is 19.1 Å². The normalized spacial score (nSPS) is 29.0. The van der Waals surface area contributed by atoms with Crippen molar-refractivity contribution in [3.05, 3.63) is 0 Å². The van der Waals surface area contributed by atoms with Crippen LogP contribution in [-0.2, 0) is 14.3 Å². The SMILES string of the molecule is COC(=O)C1CCN(C(=O)NC2CCCC(C(=O)O)C2)C1. The van der Waals surface area contributed by atoms with E-state index in [1.807, 2.05) is 0 Å². The first-order valence-corrected chi connectivity index (χ1v) is 7.37. The third-order valence-electron chi connectivity index (χ3n) is 4.36. The molecule has 1 saturated heterocycles. The molecular weight excluding hydrogens is 276 g/mol. The minimum absolute atomic E-state index is 0.0930. The Bertz CT molecular complexity index is 426. The van der Waals surface area contributed by atoms with Crippen LogP contribution in [0.1, 0.15) is 32.1 Å². The molecule has 0 bridgehead atoms. The fourth-order valence-corrected chi connectivity index (χ4v) is 3.11. The second kappa shape index (κ2) is 6.78. The van der Waals surface area contributed by atoms with Crippen LogP contribution in [0.15, 0.2) is 0 Å². The Morgan fingerprint density at radius 2 is 1.95 bits per heavy atom. The number of ether oxygens (including phenoxy) is 1. The number of carbonyl (C=O) groups is 3. The van der Waals surface area contributed by atoms with E-state index in [-0.39, 0.29) is 29.9 Å². The highest BCUT2D eigenvalue weighted by molar-refractivity contribution is 5.78. The molecule has 0 aromatic rings. The van der Waals surface area contributed by atoms with Crippen molar-refractivity contribution in [3.8, 4) is 0 Å². The van der Waals surface area contributed by atoms with Crippen molar-refractivity contribution in [1.82, 2.24) is 10.2 Å². The van der Waals surface area contributed by atoms with Gasteiger partial charge in [-0.25, -0.2) is 4.79 Å². The molecular formula is C14H22N2O5. The van der Waals surface area contributed by atoms with E-state index in [2.05, 4.69) is 5.32 Å². The summed E-state index contributed by atoms with van der Waals surface area (Å²) in [7, 11) is 1.35. The summed E-state index contributed by atoms with van der Waals surface area (Å²) in [4.78, 5) is 36.2. The lowest BCUT2D eigenvalue weighted by atomic mass is 9.86. The predicted octanol–water partition coefficient (Wildman–Crippen LogP) is 0.834. The summed E-state index contributed by atoms with van der Waals surface area (Å²) in [6, 6.07) is -0.304. The van der Waals surface area contributed by atoms with E-state index in [1.54, 1.807) is 4.90 Å². The maximum Gasteiger partial charge on any atom is 0.317 e. The van der Waals surface area contributed by atoms with Crippen molar-refractivity contribution >= 4 is 18.0 Å². The minimum atomic E-state index is -0.791. The molecule has 0 aromatic carbocycles. The maximum absolute atomic E-state index is 12.2. The van der Waals surface area contributed by atoms with Crippen molar-refractivity contribution in [2.45, 2.75) is 38.1 Å². The third-order valence-corrected chi connectivity index (χ3v) is 4.36. The molecule has 7 heteroatoms. The van der Waals surface area contributed by atoms with E-state index >= 15 is 0 Å². The van der Waals surface area contributed by atoms with Crippen LogP contribution in [0.25, 0.3) is 0 Å². The van der Waals surface area contributed by atoms with Gasteiger partial charge >= 0.3 is 18.0 Å². The molecule has 0 aromatic heterocycles. The Labute approximate surface area is 123 Å². The van der Waals surface area contributed by atoms with Gasteiger partial charge in [0.15, 0.2) is 0 Å². The Morgan fingerprint density at radius 3 is 2.62 bits per heavy atom. The summed E-state index contributed by atoms with van der Waals surface area (Å²) in [5.74, 6) is -1.70. The van der Waals surface area contributed by atoms with Crippen LogP contribution in [-0.4, -0.2) is 54.2 Å². The lowest BCUT2D eigenvalue weighted by molar-refractivity contribution is -0.145. The molecule has 3 atom stereocenters. The number of esters is 1. The number of aliphatic carboxylic acids is 1. The van der Waals surface area contributed by atoms with Crippen LogP contribution < -0.4 is 5.32 Å². The predicted molar refractivity (Wildman–Crippen MR) is 73.6 cm³/mol. The second-order valence-corrected chi connectivity index (χ2v) is 5.80. The van der Waals surface area contributed by atoms with Crippen molar-refractivity contribution in [2.24, 2.45) is 11.8 Å². The van der Waals surface area contributed by atoms with Gasteiger partial charge in [-0.05, 0) is 25.7 Å². The first kappa shape index (κ1) is 15.6. The monoisotopic (exact) mass is 298 g/mol. The van der Waals surface area contributed by atoms with Gasteiger partial charge in [-0.3, -0.25) is 9.59 Å². The highest BCUT2D eigenvalue weighted by Gasteiger charge is 2.34. The van der Waals surface area contributed by atoms with Gasteiger partial charge in [0.1, 0.15) is 0 Å². The van der Waals surface area contributed by atoms with Crippen molar-refractivity contribution in [1.29, 1.82) is 0 Å². The van der Waals surface area contributed by atoms with Crippen LogP contribution in [0.4, 0.5) is 4.79 Å². The molecule has 0 spiro atoms. The van der Waals surface area contributed by atoms with E-state index in [0.29, 0.717) is 32.4 Å². The molecule has 0 radical (unpaired) electrons. The number of methoxy groups -OCH3 is 1. The molecule has 1 saturated carbocycles. The maximum atomic E-state index is 12.2. The number of nitrogens with one attached hydrogen (secondary N) is 1. The molecule has 2 fully saturated rings. The molecule has 2 amide bonds. The van der Waals surface area contributed by atoms with Crippen molar-refractivity contribution in [2.75, 3.05) is 20.2 Å². The lowest BCUT2D eigenvalue weighted by Crippen LogP contribution is -2.46. The van der Waals surface area contributed by atoms with Crippen LogP contribution >= 0.6 is 0 Å².